The van der Waals surface area contributed by atoms with Gasteiger partial charge in [0, 0.05) is 51.9 Å². The predicted molar refractivity (Wildman–Crippen MR) is 121 cm³/mol. The first kappa shape index (κ1) is 27.7. The quantitative estimate of drug-likeness (QED) is 0.285. The van der Waals surface area contributed by atoms with Crippen LogP contribution in [0.25, 0.3) is 0 Å². The molecule has 2 fully saturated rings. The maximum Gasteiger partial charge on any atom is 0.511 e. The van der Waals surface area contributed by atoms with Crippen LogP contribution < -0.4 is 10.6 Å². The molecule has 0 bridgehead atoms. The summed E-state index contributed by atoms with van der Waals surface area (Å²) in [6.07, 6.45) is 0.747. The lowest BCUT2D eigenvalue weighted by atomic mass is 9.98. The van der Waals surface area contributed by atoms with Gasteiger partial charge in [-0.2, -0.15) is 17.5 Å². The van der Waals surface area contributed by atoms with E-state index >= 15 is 0 Å². The van der Waals surface area contributed by atoms with Crippen LogP contribution in [0.5, 0.6) is 0 Å². The normalized spacial score (nSPS) is 21.2. The van der Waals surface area contributed by atoms with Crippen LogP contribution in [0.15, 0.2) is 4.99 Å². The van der Waals surface area contributed by atoms with Crippen LogP contribution in [0.1, 0.15) is 26.7 Å². The Hall–Kier alpha value is -0.380. The highest BCUT2D eigenvalue weighted by Crippen LogP contribution is 2.30. The van der Waals surface area contributed by atoms with Crippen molar-refractivity contribution in [2.45, 2.75) is 37.7 Å². The van der Waals surface area contributed by atoms with Crippen LogP contribution in [-0.2, 0) is 14.8 Å². The molecule has 0 amide bonds. The van der Waals surface area contributed by atoms with Gasteiger partial charge in [0.1, 0.15) is 0 Å². The number of hydrogen-bond acceptors (Lipinski definition) is 5. The first-order chi connectivity index (χ1) is 13.5. The summed E-state index contributed by atoms with van der Waals surface area (Å²) in [5.74, 6) is 0.706. The summed E-state index contributed by atoms with van der Waals surface area (Å²) < 4.78 is 66.8. The maximum atomic E-state index is 12.7. The Morgan fingerprint density at radius 3 is 2.17 bits per heavy atom. The Labute approximate surface area is 194 Å². The first-order valence-corrected chi connectivity index (χ1v) is 11.2. The molecule has 0 aromatic rings. The fourth-order valence-electron chi connectivity index (χ4n) is 3.54. The van der Waals surface area contributed by atoms with E-state index in [1.165, 1.54) is 0 Å². The molecule has 2 aliphatic heterocycles. The van der Waals surface area contributed by atoms with Crippen LogP contribution in [0, 0.1) is 5.92 Å². The molecular formula is C17H33F3IN5O3S. The number of guanidine groups is 1. The van der Waals surface area contributed by atoms with Gasteiger partial charge < -0.3 is 15.4 Å². The van der Waals surface area contributed by atoms with Crippen molar-refractivity contribution in [3.63, 3.8) is 0 Å². The van der Waals surface area contributed by atoms with Crippen LogP contribution in [0.2, 0.25) is 0 Å². The summed E-state index contributed by atoms with van der Waals surface area (Å²) in [5.41, 5.74) is -5.32. The zero-order valence-electron chi connectivity index (χ0n) is 17.7. The molecule has 0 aliphatic carbocycles. The topological polar surface area (TPSA) is 86.3 Å². The zero-order valence-corrected chi connectivity index (χ0v) is 20.8. The van der Waals surface area contributed by atoms with Gasteiger partial charge in [-0.15, -0.1) is 24.0 Å². The summed E-state index contributed by atoms with van der Waals surface area (Å²) >= 11 is 0. The molecule has 0 spiro atoms. The van der Waals surface area contributed by atoms with Crippen molar-refractivity contribution in [3.8, 4) is 0 Å². The van der Waals surface area contributed by atoms with Gasteiger partial charge >= 0.3 is 15.5 Å². The number of morpholine rings is 1. The monoisotopic (exact) mass is 571 g/mol. The van der Waals surface area contributed by atoms with Crippen molar-refractivity contribution in [2.24, 2.45) is 10.9 Å². The summed E-state index contributed by atoms with van der Waals surface area (Å²) in [4.78, 5) is 6.56. The van der Waals surface area contributed by atoms with Gasteiger partial charge in [-0.05, 0) is 32.6 Å². The molecule has 2 N–H and O–H groups in total. The molecule has 8 nitrogen and oxygen atoms in total. The third-order valence-electron chi connectivity index (χ3n) is 5.54. The van der Waals surface area contributed by atoms with Crippen molar-refractivity contribution in [1.29, 1.82) is 0 Å². The van der Waals surface area contributed by atoms with E-state index in [2.05, 4.69) is 34.4 Å². The van der Waals surface area contributed by atoms with Crippen LogP contribution in [0.4, 0.5) is 13.2 Å². The van der Waals surface area contributed by atoms with E-state index < -0.39 is 15.5 Å². The maximum absolute atomic E-state index is 12.7. The molecule has 178 valence electrons. The van der Waals surface area contributed by atoms with Gasteiger partial charge in [-0.1, -0.05) is 0 Å². The van der Waals surface area contributed by atoms with Crippen molar-refractivity contribution >= 4 is 40.0 Å². The van der Waals surface area contributed by atoms with E-state index in [0.29, 0.717) is 36.2 Å². The number of alkyl halides is 3. The molecular weight excluding hydrogens is 538 g/mol. The van der Waals surface area contributed by atoms with E-state index in [-0.39, 0.29) is 48.5 Å². The number of ether oxygens (including phenoxy) is 1. The molecule has 0 unspecified atom stereocenters. The molecule has 0 aromatic heterocycles. The smallest absolute Gasteiger partial charge is 0.379 e. The van der Waals surface area contributed by atoms with Gasteiger partial charge in [-0.3, -0.25) is 9.89 Å². The van der Waals surface area contributed by atoms with Gasteiger partial charge in [0.2, 0.25) is 0 Å². The molecule has 0 aromatic carbocycles. The van der Waals surface area contributed by atoms with Gasteiger partial charge in [0.15, 0.2) is 5.96 Å². The molecule has 2 saturated heterocycles. The number of nitrogens with one attached hydrogen (secondary N) is 2. The van der Waals surface area contributed by atoms with E-state index in [1.807, 2.05) is 0 Å². The SMILES string of the molecule is CN=C(NCC1CCN(S(=O)(=O)C(F)(F)F)CC1)NCC(C)(C)N1CCOCC1.I. The van der Waals surface area contributed by atoms with Gasteiger partial charge in [0.25, 0.3) is 0 Å². The van der Waals surface area contributed by atoms with Gasteiger partial charge in [-0.25, -0.2) is 8.42 Å². The number of aliphatic imine (C=N–C) groups is 1. The Balaban J connectivity index is 0.00000450. The van der Waals surface area contributed by atoms with Gasteiger partial charge in [0.05, 0.1) is 13.2 Å². The molecule has 0 saturated carbocycles. The van der Waals surface area contributed by atoms with E-state index in [0.717, 1.165) is 26.3 Å². The highest BCUT2D eigenvalue weighted by Gasteiger charge is 2.50. The summed E-state index contributed by atoms with van der Waals surface area (Å²) in [5, 5.41) is 6.50. The molecule has 2 aliphatic rings. The number of piperidine rings is 1. The number of rotatable bonds is 6. The molecule has 13 heteroatoms. The lowest BCUT2D eigenvalue weighted by Gasteiger charge is -2.41. The summed E-state index contributed by atoms with van der Waals surface area (Å²) in [7, 11) is -3.57. The molecule has 2 rings (SSSR count). The van der Waals surface area contributed by atoms with Crippen molar-refractivity contribution < 1.29 is 26.3 Å². The predicted octanol–water partition coefficient (Wildman–Crippen LogP) is 1.44. The molecule has 2 heterocycles. The van der Waals surface area contributed by atoms with E-state index in [9.17, 15) is 21.6 Å². The fourth-order valence-corrected chi connectivity index (χ4v) is 4.53. The Kier molecular flexibility index (Phi) is 10.6. The minimum Gasteiger partial charge on any atom is -0.379 e. The Morgan fingerprint density at radius 2 is 1.67 bits per heavy atom. The third kappa shape index (κ3) is 7.35. The zero-order chi connectivity index (χ0) is 21.7. The largest absolute Gasteiger partial charge is 0.511 e. The van der Waals surface area contributed by atoms with Crippen molar-refractivity contribution in [1.82, 2.24) is 19.8 Å². The summed E-state index contributed by atoms with van der Waals surface area (Å²) in [6.45, 7) is 8.45. The Bertz CT molecular complexity index is 662. The number of halogens is 4. The number of sulfonamides is 1. The van der Waals surface area contributed by atoms with Crippen LogP contribution in [-0.4, -0.2) is 94.2 Å². The standard InChI is InChI=1S/C17H32F3N5O3S.HI/c1-16(2,24-8-10-28-11-9-24)13-23-15(21-3)22-12-14-4-6-25(7-5-14)29(26,27)17(18,19)20;/h14H,4-13H2,1-3H3,(H2,21,22,23);1H. The minimum atomic E-state index is -5.24. The average molecular weight is 571 g/mol. The number of hydrogen-bond donors (Lipinski definition) is 2. The number of nitrogens with zero attached hydrogens (tertiary/aromatic N) is 3. The summed E-state index contributed by atoms with van der Waals surface area (Å²) in [6, 6.07) is 0. The molecule has 30 heavy (non-hydrogen) atoms. The van der Waals surface area contributed by atoms with Crippen LogP contribution >= 0.6 is 24.0 Å². The van der Waals surface area contributed by atoms with E-state index in [1.54, 1.807) is 7.05 Å². The average Bonchev–Trinajstić information content (AvgIpc) is 2.68. The second-order valence-corrected chi connectivity index (χ2v) is 9.94. The molecule has 0 atom stereocenters. The Morgan fingerprint density at radius 1 is 1.10 bits per heavy atom. The van der Waals surface area contributed by atoms with Crippen LogP contribution in [0.3, 0.4) is 0 Å². The lowest BCUT2D eigenvalue weighted by molar-refractivity contribution is -0.0496. The highest BCUT2D eigenvalue weighted by atomic mass is 127. The highest BCUT2D eigenvalue weighted by molar-refractivity contribution is 14.0. The molecule has 0 radical (unpaired) electrons. The minimum absolute atomic E-state index is 0. The van der Waals surface area contributed by atoms with E-state index in [4.69, 9.17) is 4.74 Å². The lowest BCUT2D eigenvalue weighted by Crippen LogP contribution is -2.56. The van der Waals surface area contributed by atoms with Crippen molar-refractivity contribution in [2.75, 3.05) is 59.5 Å². The third-order valence-corrected chi connectivity index (χ3v) is 7.17. The second-order valence-electron chi connectivity index (χ2n) is 8.01. The fraction of sp³-hybridized carbons (Fsp3) is 0.941. The first-order valence-electron chi connectivity index (χ1n) is 9.81. The second kappa shape index (κ2) is 11.5. The van der Waals surface area contributed by atoms with Crippen molar-refractivity contribution in [3.05, 3.63) is 0 Å².